The third kappa shape index (κ3) is 4.45. The Morgan fingerprint density at radius 1 is 1.89 bits per heavy atom. The molecule has 54 valence electrons. The van der Waals surface area contributed by atoms with Crippen LogP contribution < -0.4 is 5.73 Å². The Bertz CT molecular complexity index is 109. The van der Waals surface area contributed by atoms with Crippen LogP contribution in [0, 0.1) is 0 Å². The first kappa shape index (κ1) is 8.95. The van der Waals surface area contributed by atoms with Gasteiger partial charge in [-0.15, -0.1) is 0 Å². The summed E-state index contributed by atoms with van der Waals surface area (Å²) in [5.41, 5.74) is 5.07. The smallest absolute Gasteiger partial charge is 0.325 e. The van der Waals surface area contributed by atoms with Gasteiger partial charge in [0.1, 0.15) is 0 Å². The first-order valence-corrected chi connectivity index (χ1v) is 3.97. The molecule has 0 radical (unpaired) electrons. The van der Waals surface area contributed by atoms with Gasteiger partial charge < -0.3 is 5.73 Å². The molecule has 0 aromatic carbocycles. The molecule has 0 aromatic heterocycles. The molecule has 3 nitrogen and oxygen atoms in total. The van der Waals surface area contributed by atoms with Crippen molar-refractivity contribution in [1.82, 2.24) is 0 Å². The summed E-state index contributed by atoms with van der Waals surface area (Å²) in [6.07, 6.45) is -1.72. The van der Waals surface area contributed by atoms with Gasteiger partial charge >= 0.3 is 8.03 Å². The fraction of sp³-hybridized carbons (Fsp3) is 1.00. The minimum atomic E-state index is -2.38. The first-order valence-electron chi connectivity index (χ1n) is 2.57. The standard InChI is InChI=1S/C4H9FNO2P/c1-3(6)4(5)2-9(7)8/h3-4H,2,6H2,1H3/p+1. The van der Waals surface area contributed by atoms with Crippen LogP contribution in [0.4, 0.5) is 4.39 Å². The molecule has 3 unspecified atom stereocenters. The van der Waals surface area contributed by atoms with Gasteiger partial charge in [0.25, 0.3) is 0 Å². The van der Waals surface area contributed by atoms with Crippen molar-refractivity contribution in [2.45, 2.75) is 19.1 Å². The van der Waals surface area contributed by atoms with Gasteiger partial charge in [-0.3, -0.25) is 0 Å². The maximum Gasteiger partial charge on any atom is 0.508 e. The van der Waals surface area contributed by atoms with Crippen molar-refractivity contribution >= 4 is 8.03 Å². The molecule has 0 fully saturated rings. The summed E-state index contributed by atoms with van der Waals surface area (Å²) in [4.78, 5) is 8.19. The average molecular weight is 154 g/mol. The van der Waals surface area contributed by atoms with Crippen LogP contribution in [0.3, 0.4) is 0 Å². The molecule has 0 aliphatic carbocycles. The fourth-order valence-electron chi connectivity index (χ4n) is 0.315. The Kier molecular flexibility index (Phi) is 3.86. The molecular formula is C4H10FNO2P+. The number of rotatable bonds is 3. The maximum absolute atomic E-state index is 12.3. The van der Waals surface area contributed by atoms with Gasteiger partial charge in [-0.05, 0) is 11.5 Å². The molecule has 0 saturated carbocycles. The summed E-state index contributed by atoms with van der Waals surface area (Å²) in [5.74, 6) is 0. The Morgan fingerprint density at radius 3 is 2.44 bits per heavy atom. The molecule has 0 spiro atoms. The fourth-order valence-corrected chi connectivity index (χ4v) is 0.946. The lowest BCUT2D eigenvalue weighted by Crippen LogP contribution is -2.29. The molecule has 0 aliphatic rings. The monoisotopic (exact) mass is 154 g/mol. The molecule has 0 aromatic rings. The summed E-state index contributed by atoms with van der Waals surface area (Å²) in [6, 6.07) is -0.656. The highest BCUT2D eigenvalue weighted by Gasteiger charge is 2.23. The molecule has 0 saturated heterocycles. The topological polar surface area (TPSA) is 63.3 Å². The lowest BCUT2D eigenvalue weighted by atomic mass is 10.2. The predicted molar refractivity (Wildman–Crippen MR) is 33.2 cm³/mol. The van der Waals surface area contributed by atoms with Gasteiger partial charge in [-0.1, -0.05) is 0 Å². The van der Waals surface area contributed by atoms with Crippen molar-refractivity contribution in [2.24, 2.45) is 5.73 Å². The molecular weight excluding hydrogens is 144 g/mol. The normalized spacial score (nSPS) is 18.9. The summed E-state index contributed by atoms with van der Waals surface area (Å²) >= 11 is 0. The molecule has 5 heteroatoms. The van der Waals surface area contributed by atoms with Crippen LogP contribution in [0.2, 0.25) is 0 Å². The summed E-state index contributed by atoms with van der Waals surface area (Å²) in [6.45, 7) is 1.46. The number of halogens is 1. The van der Waals surface area contributed by atoms with Gasteiger partial charge in [0.15, 0.2) is 6.17 Å². The van der Waals surface area contributed by atoms with Crippen LogP contribution >= 0.6 is 8.03 Å². The number of hydrogen-bond donors (Lipinski definition) is 2. The van der Waals surface area contributed by atoms with E-state index in [4.69, 9.17) is 10.6 Å². The molecule has 0 rings (SSSR count). The number of hydrogen-bond acceptors (Lipinski definition) is 2. The molecule has 3 atom stereocenters. The van der Waals surface area contributed by atoms with E-state index in [1.807, 2.05) is 0 Å². The van der Waals surface area contributed by atoms with E-state index in [1.165, 1.54) is 6.92 Å². The van der Waals surface area contributed by atoms with Crippen LogP contribution in [-0.2, 0) is 4.57 Å². The van der Waals surface area contributed by atoms with Crippen molar-refractivity contribution in [3.8, 4) is 0 Å². The highest BCUT2D eigenvalue weighted by Crippen LogP contribution is 2.16. The Hall–Kier alpha value is -0.0500. The maximum atomic E-state index is 12.3. The van der Waals surface area contributed by atoms with Crippen molar-refractivity contribution in [3.05, 3.63) is 0 Å². The van der Waals surface area contributed by atoms with E-state index in [1.54, 1.807) is 0 Å². The minimum Gasteiger partial charge on any atom is -0.325 e. The zero-order chi connectivity index (χ0) is 7.44. The Balaban J connectivity index is 3.50. The zero-order valence-electron chi connectivity index (χ0n) is 5.12. The van der Waals surface area contributed by atoms with E-state index in [0.717, 1.165) is 0 Å². The van der Waals surface area contributed by atoms with E-state index in [9.17, 15) is 8.96 Å². The molecule has 0 bridgehead atoms. The minimum absolute atomic E-state index is 0.354. The Labute approximate surface area is 53.9 Å². The van der Waals surface area contributed by atoms with E-state index in [-0.39, 0.29) is 6.16 Å². The molecule has 0 heterocycles. The molecule has 3 N–H and O–H groups in total. The predicted octanol–water partition coefficient (Wildman–Crippen LogP) is 0.406. The average Bonchev–Trinajstić information content (AvgIpc) is 1.63. The highest BCUT2D eigenvalue weighted by atomic mass is 31.1. The second-order valence-corrected chi connectivity index (χ2v) is 2.98. The second-order valence-electron chi connectivity index (χ2n) is 1.91. The summed E-state index contributed by atoms with van der Waals surface area (Å²) in [5, 5.41) is 0. The quantitative estimate of drug-likeness (QED) is 0.578. The van der Waals surface area contributed by atoms with Crippen LogP contribution in [0.15, 0.2) is 0 Å². The van der Waals surface area contributed by atoms with Crippen molar-refractivity contribution in [1.29, 1.82) is 0 Å². The zero-order valence-corrected chi connectivity index (χ0v) is 6.01. The molecule has 9 heavy (non-hydrogen) atoms. The van der Waals surface area contributed by atoms with Gasteiger partial charge in [-0.2, -0.15) is 4.89 Å². The van der Waals surface area contributed by atoms with E-state index in [0.29, 0.717) is 0 Å². The third-order valence-corrected chi connectivity index (χ3v) is 1.56. The van der Waals surface area contributed by atoms with E-state index < -0.39 is 20.2 Å². The molecule has 0 amide bonds. The first-order chi connectivity index (χ1) is 4.04. The largest absolute Gasteiger partial charge is 0.508 e. The SMILES string of the molecule is CC(N)C(F)C[P+](=O)O. The lowest BCUT2D eigenvalue weighted by Gasteiger charge is -2.03. The van der Waals surface area contributed by atoms with Gasteiger partial charge in [-0.25, -0.2) is 4.39 Å². The van der Waals surface area contributed by atoms with Crippen molar-refractivity contribution in [2.75, 3.05) is 6.16 Å². The van der Waals surface area contributed by atoms with E-state index >= 15 is 0 Å². The van der Waals surface area contributed by atoms with Crippen LogP contribution in [0.25, 0.3) is 0 Å². The second kappa shape index (κ2) is 3.88. The van der Waals surface area contributed by atoms with Crippen LogP contribution in [-0.4, -0.2) is 23.3 Å². The van der Waals surface area contributed by atoms with Crippen LogP contribution in [0.1, 0.15) is 6.92 Å². The van der Waals surface area contributed by atoms with E-state index in [2.05, 4.69) is 0 Å². The van der Waals surface area contributed by atoms with Crippen molar-refractivity contribution < 1.29 is 13.8 Å². The van der Waals surface area contributed by atoms with Crippen LogP contribution in [0.5, 0.6) is 0 Å². The highest BCUT2D eigenvalue weighted by molar-refractivity contribution is 7.38. The van der Waals surface area contributed by atoms with Crippen molar-refractivity contribution in [3.63, 3.8) is 0 Å². The Morgan fingerprint density at radius 2 is 2.33 bits per heavy atom. The number of alkyl halides is 1. The summed E-state index contributed by atoms with van der Waals surface area (Å²) in [7, 11) is -2.38. The van der Waals surface area contributed by atoms with Gasteiger partial charge in [0.05, 0.1) is 0 Å². The number of nitrogens with two attached hydrogens (primary N) is 1. The van der Waals surface area contributed by atoms with Gasteiger partial charge in [0.2, 0.25) is 6.16 Å². The van der Waals surface area contributed by atoms with Gasteiger partial charge in [0, 0.05) is 6.04 Å². The lowest BCUT2D eigenvalue weighted by molar-refractivity contribution is 0.315. The molecule has 0 aliphatic heterocycles. The summed E-state index contributed by atoms with van der Waals surface area (Å²) < 4.78 is 22.3. The third-order valence-electron chi connectivity index (χ3n) is 0.901.